The Hall–Kier alpha value is -4.39. The first-order valence-electron chi connectivity index (χ1n) is 9.76. The van der Waals surface area contributed by atoms with Crippen LogP contribution in [0.25, 0.3) is 22.5 Å². The van der Waals surface area contributed by atoms with E-state index in [2.05, 4.69) is 9.97 Å². The summed E-state index contributed by atoms with van der Waals surface area (Å²) >= 11 is 0. The van der Waals surface area contributed by atoms with Gasteiger partial charge in [0.2, 0.25) is 0 Å². The molecule has 31 heavy (non-hydrogen) atoms. The number of nitrogen functional groups attached to an aromatic ring is 1. The number of rotatable bonds is 4. The Balaban J connectivity index is 1.65. The van der Waals surface area contributed by atoms with Gasteiger partial charge in [-0.15, -0.1) is 0 Å². The summed E-state index contributed by atoms with van der Waals surface area (Å²) in [5, 5.41) is 0. The molecule has 0 bridgehead atoms. The molecule has 2 heterocycles. The minimum atomic E-state index is -0.274. The Kier molecular flexibility index (Phi) is 4.48. The Morgan fingerprint density at radius 2 is 1.55 bits per heavy atom. The number of anilines is 1. The van der Waals surface area contributed by atoms with Gasteiger partial charge in [0.15, 0.2) is 11.5 Å². The minimum Gasteiger partial charge on any atom is -0.457 e. The molecule has 0 saturated carbocycles. The first-order valence-corrected chi connectivity index (χ1v) is 9.76. The predicted octanol–water partition coefficient (Wildman–Crippen LogP) is 4.25. The monoisotopic (exact) mass is 409 g/mol. The maximum atomic E-state index is 13.5. The van der Waals surface area contributed by atoms with Crippen LogP contribution in [-0.4, -0.2) is 19.1 Å². The molecular weight excluding hydrogens is 390 g/mol. The molecule has 0 saturated heterocycles. The fourth-order valence-electron chi connectivity index (χ4n) is 3.57. The van der Waals surface area contributed by atoms with E-state index in [1.807, 2.05) is 85.8 Å². The summed E-state index contributed by atoms with van der Waals surface area (Å²) < 4.78 is 8.93. The van der Waals surface area contributed by atoms with Gasteiger partial charge < -0.3 is 10.5 Å². The molecular formula is C24H19N5O2. The largest absolute Gasteiger partial charge is 0.457 e. The lowest BCUT2D eigenvalue weighted by Crippen LogP contribution is -2.22. The Bertz CT molecular complexity index is 1440. The molecule has 0 amide bonds. The molecule has 0 unspecified atom stereocenters. The van der Waals surface area contributed by atoms with Crippen molar-refractivity contribution < 1.29 is 4.74 Å². The number of aromatic nitrogens is 4. The molecule has 2 aromatic heterocycles. The van der Waals surface area contributed by atoms with E-state index in [1.165, 1.54) is 10.9 Å². The second kappa shape index (κ2) is 7.46. The van der Waals surface area contributed by atoms with Crippen LogP contribution < -0.4 is 16.2 Å². The minimum absolute atomic E-state index is 0.234. The van der Waals surface area contributed by atoms with E-state index in [0.29, 0.717) is 22.6 Å². The van der Waals surface area contributed by atoms with Crippen molar-refractivity contribution in [3.63, 3.8) is 0 Å². The third-order valence-corrected chi connectivity index (χ3v) is 4.98. The molecule has 5 rings (SSSR count). The molecule has 0 radical (unpaired) electrons. The summed E-state index contributed by atoms with van der Waals surface area (Å²) in [6, 6.07) is 24.4. The summed E-state index contributed by atoms with van der Waals surface area (Å²) in [6.07, 6.45) is 1.37. The van der Waals surface area contributed by atoms with Gasteiger partial charge in [0.05, 0.1) is 11.4 Å². The average molecular weight is 409 g/mol. The summed E-state index contributed by atoms with van der Waals surface area (Å²) in [6.45, 7) is 1.97. The number of fused-ring (bicyclic) bond motifs is 1. The molecule has 0 atom stereocenters. The van der Waals surface area contributed by atoms with E-state index in [1.54, 1.807) is 4.57 Å². The fraction of sp³-hybridized carbons (Fsp3) is 0.0417. The van der Waals surface area contributed by atoms with Crippen molar-refractivity contribution in [2.75, 3.05) is 5.73 Å². The number of hydrogen-bond donors (Lipinski definition) is 1. The zero-order valence-corrected chi connectivity index (χ0v) is 16.8. The maximum Gasteiger partial charge on any atom is 0.339 e. The Morgan fingerprint density at radius 1 is 0.806 bits per heavy atom. The van der Waals surface area contributed by atoms with Gasteiger partial charge in [0.25, 0.3) is 0 Å². The Morgan fingerprint density at radius 3 is 2.29 bits per heavy atom. The predicted molar refractivity (Wildman–Crippen MR) is 120 cm³/mol. The number of para-hydroxylation sites is 1. The lowest BCUT2D eigenvalue weighted by atomic mass is 10.2. The number of aryl methyl sites for hydroxylation is 1. The first kappa shape index (κ1) is 18.6. The van der Waals surface area contributed by atoms with Crippen molar-refractivity contribution in [3.05, 3.63) is 101 Å². The maximum absolute atomic E-state index is 13.5. The van der Waals surface area contributed by atoms with Gasteiger partial charge in [-0.2, -0.15) is 0 Å². The van der Waals surface area contributed by atoms with Gasteiger partial charge in [0.1, 0.15) is 23.3 Å². The molecule has 2 N–H and O–H groups in total. The van der Waals surface area contributed by atoms with Crippen molar-refractivity contribution in [2.45, 2.75) is 6.92 Å². The van der Waals surface area contributed by atoms with Crippen LogP contribution >= 0.6 is 0 Å². The lowest BCUT2D eigenvalue weighted by molar-refractivity contribution is 0.482. The van der Waals surface area contributed by atoms with Crippen LogP contribution in [-0.2, 0) is 0 Å². The molecule has 5 aromatic rings. The van der Waals surface area contributed by atoms with Crippen LogP contribution in [0.2, 0.25) is 0 Å². The summed E-state index contributed by atoms with van der Waals surface area (Å²) in [5.74, 6) is 1.63. The zero-order valence-electron chi connectivity index (χ0n) is 16.8. The summed E-state index contributed by atoms with van der Waals surface area (Å²) in [7, 11) is 0. The van der Waals surface area contributed by atoms with Crippen LogP contribution in [0.1, 0.15) is 5.56 Å². The number of ether oxygens (including phenoxy) is 1. The van der Waals surface area contributed by atoms with Crippen LogP contribution in [0.5, 0.6) is 11.5 Å². The standard InChI is InChI=1S/C24H19N5O2/c1-16-6-5-7-18(14-16)29-23-21(22(25)26-15-27-23)28(24(29)30)17-10-12-20(13-11-17)31-19-8-3-2-4-9-19/h2-15H,1H3,(H2,25,26,27). The summed E-state index contributed by atoms with van der Waals surface area (Å²) in [5.41, 5.74) is 9.21. The highest BCUT2D eigenvalue weighted by atomic mass is 16.5. The van der Waals surface area contributed by atoms with E-state index in [9.17, 15) is 4.79 Å². The van der Waals surface area contributed by atoms with Crippen molar-refractivity contribution in [3.8, 4) is 22.9 Å². The molecule has 0 aliphatic carbocycles. The zero-order chi connectivity index (χ0) is 21.4. The molecule has 0 aliphatic heterocycles. The molecule has 7 nitrogen and oxygen atoms in total. The van der Waals surface area contributed by atoms with E-state index in [0.717, 1.165) is 17.0 Å². The number of nitrogens with zero attached hydrogens (tertiary/aromatic N) is 4. The second-order valence-electron chi connectivity index (χ2n) is 7.13. The summed E-state index contributed by atoms with van der Waals surface area (Å²) in [4.78, 5) is 22.0. The quantitative estimate of drug-likeness (QED) is 0.479. The highest BCUT2D eigenvalue weighted by Crippen LogP contribution is 2.26. The van der Waals surface area contributed by atoms with E-state index in [-0.39, 0.29) is 11.5 Å². The van der Waals surface area contributed by atoms with Crippen LogP contribution in [0, 0.1) is 6.92 Å². The van der Waals surface area contributed by atoms with Crippen LogP contribution in [0.15, 0.2) is 90.0 Å². The highest BCUT2D eigenvalue weighted by molar-refractivity contribution is 5.85. The van der Waals surface area contributed by atoms with Crippen LogP contribution in [0.3, 0.4) is 0 Å². The number of nitrogens with two attached hydrogens (primary N) is 1. The van der Waals surface area contributed by atoms with Crippen LogP contribution in [0.4, 0.5) is 5.82 Å². The first-order chi connectivity index (χ1) is 15.1. The van der Waals surface area contributed by atoms with Crippen molar-refractivity contribution >= 4 is 17.0 Å². The third-order valence-electron chi connectivity index (χ3n) is 4.98. The van der Waals surface area contributed by atoms with Gasteiger partial charge in [-0.25, -0.2) is 19.3 Å². The van der Waals surface area contributed by atoms with E-state index in [4.69, 9.17) is 10.5 Å². The number of benzene rings is 3. The van der Waals surface area contributed by atoms with Crippen molar-refractivity contribution in [1.29, 1.82) is 0 Å². The topological polar surface area (TPSA) is 88.0 Å². The molecule has 3 aromatic carbocycles. The molecule has 0 spiro atoms. The van der Waals surface area contributed by atoms with Gasteiger partial charge in [-0.3, -0.25) is 4.57 Å². The highest BCUT2D eigenvalue weighted by Gasteiger charge is 2.20. The van der Waals surface area contributed by atoms with Gasteiger partial charge in [-0.05, 0) is 61.0 Å². The number of imidazole rings is 1. The molecule has 0 fully saturated rings. The Labute approximate surface area is 178 Å². The third kappa shape index (κ3) is 3.32. The van der Waals surface area contributed by atoms with E-state index >= 15 is 0 Å². The molecule has 7 heteroatoms. The van der Waals surface area contributed by atoms with Crippen molar-refractivity contribution in [1.82, 2.24) is 19.1 Å². The van der Waals surface area contributed by atoms with Gasteiger partial charge in [0, 0.05) is 0 Å². The smallest absolute Gasteiger partial charge is 0.339 e. The average Bonchev–Trinajstić information content (AvgIpc) is 3.08. The normalized spacial score (nSPS) is 11.0. The SMILES string of the molecule is Cc1cccc(-n2c(=O)n(-c3ccc(Oc4ccccc4)cc3)c3c(N)ncnc32)c1. The van der Waals surface area contributed by atoms with Gasteiger partial charge in [-0.1, -0.05) is 30.3 Å². The molecule has 0 aliphatic rings. The van der Waals surface area contributed by atoms with E-state index < -0.39 is 0 Å². The number of hydrogen-bond acceptors (Lipinski definition) is 5. The second-order valence-corrected chi connectivity index (χ2v) is 7.13. The van der Waals surface area contributed by atoms with Crippen molar-refractivity contribution in [2.24, 2.45) is 0 Å². The van der Waals surface area contributed by atoms with Gasteiger partial charge >= 0.3 is 5.69 Å². The lowest BCUT2D eigenvalue weighted by Gasteiger charge is -2.08. The molecule has 152 valence electrons. The fourth-order valence-corrected chi connectivity index (χ4v) is 3.57.